The van der Waals surface area contributed by atoms with Crippen LogP contribution in [0.4, 0.5) is 5.69 Å². The molecule has 23 heavy (non-hydrogen) atoms. The van der Waals surface area contributed by atoms with E-state index < -0.39 is 11.8 Å². The van der Waals surface area contributed by atoms with E-state index in [9.17, 15) is 9.59 Å². The topological polar surface area (TPSA) is 49.4 Å². The van der Waals surface area contributed by atoms with Gasteiger partial charge in [-0.05, 0) is 60.8 Å². The molecule has 0 aliphatic carbocycles. The van der Waals surface area contributed by atoms with E-state index in [2.05, 4.69) is 5.32 Å². The molecule has 116 valence electrons. The number of carbonyl (C=O) groups is 2. The van der Waals surface area contributed by atoms with Crippen LogP contribution in [0.25, 0.3) is 6.08 Å². The highest BCUT2D eigenvalue weighted by molar-refractivity contribution is 7.80. The van der Waals surface area contributed by atoms with Gasteiger partial charge in [-0.25, -0.2) is 0 Å². The molecule has 2 heterocycles. The predicted molar refractivity (Wildman–Crippen MR) is 96.4 cm³/mol. The van der Waals surface area contributed by atoms with Gasteiger partial charge >= 0.3 is 0 Å². The fraction of sp³-hybridized carbons (Fsp3) is 0.118. The van der Waals surface area contributed by atoms with Crippen molar-refractivity contribution < 1.29 is 9.59 Å². The second-order valence-electron chi connectivity index (χ2n) is 5.21. The van der Waals surface area contributed by atoms with Crippen LogP contribution in [0.3, 0.4) is 0 Å². The molecular weight excluding hydrogens is 328 g/mol. The van der Waals surface area contributed by atoms with Crippen molar-refractivity contribution in [3.05, 3.63) is 57.3 Å². The van der Waals surface area contributed by atoms with E-state index in [-0.39, 0.29) is 10.7 Å². The lowest BCUT2D eigenvalue weighted by Gasteiger charge is -2.29. The maximum absolute atomic E-state index is 12.9. The van der Waals surface area contributed by atoms with Crippen molar-refractivity contribution in [1.82, 2.24) is 5.32 Å². The number of anilines is 1. The average molecular weight is 342 g/mol. The van der Waals surface area contributed by atoms with Crippen LogP contribution < -0.4 is 10.2 Å². The third kappa shape index (κ3) is 2.83. The first kappa shape index (κ1) is 15.6. The summed E-state index contributed by atoms with van der Waals surface area (Å²) in [5, 5.41) is 4.63. The number of thiophene rings is 1. The van der Waals surface area contributed by atoms with Gasteiger partial charge in [0.05, 0.1) is 5.69 Å². The zero-order valence-corrected chi connectivity index (χ0v) is 14.3. The minimum atomic E-state index is -0.461. The summed E-state index contributed by atoms with van der Waals surface area (Å²) in [5.74, 6) is -0.863. The number of carbonyl (C=O) groups excluding carboxylic acids is 2. The monoisotopic (exact) mass is 342 g/mol. The fourth-order valence-corrected chi connectivity index (χ4v) is 3.49. The summed E-state index contributed by atoms with van der Waals surface area (Å²) >= 11 is 6.69. The van der Waals surface area contributed by atoms with E-state index >= 15 is 0 Å². The van der Waals surface area contributed by atoms with Gasteiger partial charge in [-0.2, -0.15) is 0 Å². The van der Waals surface area contributed by atoms with Gasteiger partial charge in [-0.1, -0.05) is 18.2 Å². The molecule has 1 fully saturated rings. The third-order valence-electron chi connectivity index (χ3n) is 3.64. The third-order valence-corrected chi connectivity index (χ3v) is 4.89. The molecule has 4 nitrogen and oxygen atoms in total. The molecule has 0 bridgehead atoms. The first-order valence-electron chi connectivity index (χ1n) is 7.00. The summed E-state index contributed by atoms with van der Waals surface area (Å²) < 4.78 is 0. The molecule has 2 aromatic rings. The Hall–Kier alpha value is -2.31. The number of hydrogen-bond acceptors (Lipinski definition) is 4. The van der Waals surface area contributed by atoms with Crippen LogP contribution in [-0.2, 0) is 9.59 Å². The maximum Gasteiger partial charge on any atom is 0.270 e. The van der Waals surface area contributed by atoms with Gasteiger partial charge in [0.2, 0.25) is 0 Å². The Morgan fingerprint density at radius 1 is 1.13 bits per heavy atom. The lowest BCUT2D eigenvalue weighted by atomic mass is 10.1. The smallest absolute Gasteiger partial charge is 0.270 e. The predicted octanol–water partition coefficient (Wildman–Crippen LogP) is 3.20. The van der Waals surface area contributed by atoms with Gasteiger partial charge in [-0.15, -0.1) is 11.3 Å². The molecule has 0 spiro atoms. The van der Waals surface area contributed by atoms with Crippen molar-refractivity contribution in [2.75, 3.05) is 4.90 Å². The second kappa shape index (κ2) is 6.06. The molecule has 3 rings (SSSR count). The van der Waals surface area contributed by atoms with Crippen LogP contribution in [0.1, 0.15) is 16.0 Å². The Bertz CT molecular complexity index is 852. The van der Waals surface area contributed by atoms with Crippen molar-refractivity contribution in [1.29, 1.82) is 0 Å². The Labute approximate surface area is 143 Å². The summed E-state index contributed by atoms with van der Waals surface area (Å²) in [6.07, 6.45) is 1.63. The van der Waals surface area contributed by atoms with Gasteiger partial charge < -0.3 is 0 Å². The largest absolute Gasteiger partial charge is 0.298 e. The lowest BCUT2D eigenvalue weighted by Crippen LogP contribution is -2.54. The molecule has 6 heteroatoms. The van der Waals surface area contributed by atoms with Crippen molar-refractivity contribution in [3.8, 4) is 0 Å². The number of thiocarbonyl (C=S) groups is 1. The van der Waals surface area contributed by atoms with Crippen molar-refractivity contribution >= 4 is 52.2 Å². The lowest BCUT2D eigenvalue weighted by molar-refractivity contribution is -0.122. The molecule has 1 aliphatic heterocycles. The second-order valence-corrected chi connectivity index (χ2v) is 6.55. The minimum Gasteiger partial charge on any atom is -0.298 e. The molecule has 1 N–H and O–H groups in total. The van der Waals surface area contributed by atoms with Crippen LogP contribution in [0.5, 0.6) is 0 Å². The molecule has 2 amide bonds. The van der Waals surface area contributed by atoms with Crippen LogP contribution in [-0.4, -0.2) is 16.9 Å². The van der Waals surface area contributed by atoms with Gasteiger partial charge in [0.15, 0.2) is 5.11 Å². The van der Waals surface area contributed by atoms with E-state index in [4.69, 9.17) is 12.2 Å². The fourth-order valence-electron chi connectivity index (χ4n) is 2.35. The first-order valence-corrected chi connectivity index (χ1v) is 8.29. The Morgan fingerprint density at radius 3 is 2.52 bits per heavy atom. The highest BCUT2D eigenvalue weighted by atomic mass is 32.1. The molecule has 1 aliphatic rings. The van der Waals surface area contributed by atoms with Crippen LogP contribution in [0, 0.1) is 13.8 Å². The molecular formula is C17H14N2O2S2. The summed E-state index contributed by atoms with van der Waals surface area (Å²) in [5.41, 5.74) is 2.70. The minimum absolute atomic E-state index is 0.0902. The number of benzene rings is 1. The van der Waals surface area contributed by atoms with E-state index in [1.165, 1.54) is 16.2 Å². The highest BCUT2D eigenvalue weighted by Gasteiger charge is 2.35. The molecule has 1 saturated heterocycles. The molecule has 0 atom stereocenters. The summed E-state index contributed by atoms with van der Waals surface area (Å²) in [6.45, 7) is 3.84. The van der Waals surface area contributed by atoms with Gasteiger partial charge in [-0.3, -0.25) is 19.8 Å². The first-order chi connectivity index (χ1) is 11.0. The number of para-hydroxylation sites is 1. The highest BCUT2D eigenvalue weighted by Crippen LogP contribution is 2.26. The molecule has 0 unspecified atom stereocenters. The van der Waals surface area contributed by atoms with Gasteiger partial charge in [0.25, 0.3) is 11.8 Å². The number of hydrogen-bond donors (Lipinski definition) is 1. The van der Waals surface area contributed by atoms with E-state index in [0.717, 1.165) is 16.0 Å². The zero-order chi connectivity index (χ0) is 16.6. The van der Waals surface area contributed by atoms with Gasteiger partial charge in [0, 0.05) is 4.88 Å². The maximum atomic E-state index is 12.9. The normalized spacial score (nSPS) is 16.9. The van der Waals surface area contributed by atoms with E-state index in [0.29, 0.717) is 5.69 Å². The SMILES string of the molecule is Cc1ccccc1N1C(=O)/C(=C/c2sccc2C)C(=O)NC1=S. The average Bonchev–Trinajstić information content (AvgIpc) is 2.90. The number of nitrogens with zero attached hydrogens (tertiary/aromatic N) is 1. The van der Waals surface area contributed by atoms with Crippen molar-refractivity contribution in [3.63, 3.8) is 0 Å². The summed E-state index contributed by atoms with van der Waals surface area (Å²) in [4.78, 5) is 27.3. The standard InChI is InChI=1S/C17H14N2O2S2/c1-10-5-3-4-6-13(10)19-16(21)12(15(20)18-17(19)22)9-14-11(2)7-8-23-14/h3-9H,1-2H3,(H,18,20,22)/b12-9+. The number of aryl methyl sites for hydroxylation is 2. The molecule has 1 aromatic carbocycles. The Balaban J connectivity index is 2.07. The van der Waals surface area contributed by atoms with E-state index in [1.54, 1.807) is 6.08 Å². The zero-order valence-electron chi connectivity index (χ0n) is 12.6. The molecule has 0 radical (unpaired) electrons. The van der Waals surface area contributed by atoms with Crippen molar-refractivity contribution in [2.24, 2.45) is 0 Å². The Morgan fingerprint density at radius 2 is 1.87 bits per heavy atom. The summed E-state index contributed by atoms with van der Waals surface area (Å²) in [6, 6.07) is 9.38. The van der Waals surface area contributed by atoms with Crippen LogP contribution in [0.15, 0.2) is 41.3 Å². The number of nitrogens with one attached hydrogen (secondary N) is 1. The number of rotatable bonds is 2. The Kier molecular flexibility index (Phi) is 4.11. The number of amides is 2. The molecule has 1 aromatic heterocycles. The van der Waals surface area contributed by atoms with Crippen LogP contribution >= 0.6 is 23.6 Å². The molecule has 0 saturated carbocycles. The van der Waals surface area contributed by atoms with E-state index in [1.807, 2.05) is 49.6 Å². The van der Waals surface area contributed by atoms with Crippen molar-refractivity contribution in [2.45, 2.75) is 13.8 Å². The van der Waals surface area contributed by atoms with Crippen LogP contribution in [0.2, 0.25) is 0 Å². The van der Waals surface area contributed by atoms with Gasteiger partial charge in [0.1, 0.15) is 5.57 Å². The summed E-state index contributed by atoms with van der Waals surface area (Å²) in [7, 11) is 0. The quantitative estimate of drug-likeness (QED) is 0.518.